The lowest BCUT2D eigenvalue weighted by atomic mass is 9.96. The lowest BCUT2D eigenvalue weighted by molar-refractivity contribution is 0.442. The first-order chi connectivity index (χ1) is 9.43. The van der Waals surface area contributed by atoms with Crippen LogP contribution in [-0.2, 0) is 0 Å². The smallest absolute Gasteiger partial charge is 0.194 e. The maximum absolute atomic E-state index is 13.3. The quantitative estimate of drug-likeness (QED) is 0.514. The zero-order valence-electron chi connectivity index (χ0n) is 11.2. The van der Waals surface area contributed by atoms with Gasteiger partial charge in [0.2, 0.25) is 0 Å². The average molecular weight is 280 g/mol. The molecule has 0 saturated heterocycles. The van der Waals surface area contributed by atoms with Crippen LogP contribution in [0.25, 0.3) is 0 Å². The molecule has 0 fully saturated rings. The summed E-state index contributed by atoms with van der Waals surface area (Å²) in [5.74, 6) is 1.53. The van der Waals surface area contributed by atoms with E-state index < -0.39 is 23.5 Å². The van der Waals surface area contributed by atoms with Crippen LogP contribution < -0.4 is 11.3 Å². The van der Waals surface area contributed by atoms with Crippen LogP contribution in [0.5, 0.6) is 0 Å². The van der Waals surface area contributed by atoms with Gasteiger partial charge >= 0.3 is 0 Å². The molecule has 1 atom stereocenters. The van der Waals surface area contributed by atoms with E-state index in [4.69, 9.17) is 5.84 Å². The van der Waals surface area contributed by atoms with Crippen LogP contribution in [0.1, 0.15) is 28.3 Å². The van der Waals surface area contributed by atoms with E-state index in [-0.39, 0.29) is 5.56 Å². The lowest BCUT2D eigenvalue weighted by Gasteiger charge is -2.18. The van der Waals surface area contributed by atoms with Gasteiger partial charge in [0.05, 0.1) is 6.04 Å². The maximum Gasteiger partial charge on any atom is 0.194 e. The molecule has 0 saturated carbocycles. The molecule has 2 rings (SSSR count). The molecule has 106 valence electrons. The summed E-state index contributed by atoms with van der Waals surface area (Å²) in [7, 11) is 0. The van der Waals surface area contributed by atoms with E-state index in [1.165, 1.54) is 0 Å². The van der Waals surface area contributed by atoms with Gasteiger partial charge in [0.1, 0.15) is 0 Å². The lowest BCUT2D eigenvalue weighted by Crippen LogP contribution is -2.29. The van der Waals surface area contributed by atoms with Gasteiger partial charge in [0.25, 0.3) is 0 Å². The molecule has 0 aliphatic heterocycles. The summed E-state index contributed by atoms with van der Waals surface area (Å²) in [6.07, 6.45) is 0. The molecule has 0 aliphatic rings. The molecule has 2 nitrogen and oxygen atoms in total. The molecule has 0 aliphatic carbocycles. The summed E-state index contributed by atoms with van der Waals surface area (Å²) in [5, 5.41) is 0. The van der Waals surface area contributed by atoms with Crippen LogP contribution in [0.4, 0.5) is 13.2 Å². The van der Waals surface area contributed by atoms with Crippen molar-refractivity contribution in [1.29, 1.82) is 0 Å². The fourth-order valence-corrected chi connectivity index (χ4v) is 2.07. The zero-order chi connectivity index (χ0) is 14.9. The second-order valence-corrected chi connectivity index (χ2v) is 4.74. The SMILES string of the molecule is Cc1ccc(C(NN)c2cc(F)c(F)c(F)c2)cc1C. The minimum atomic E-state index is -1.48. The highest BCUT2D eigenvalue weighted by molar-refractivity contribution is 5.37. The molecule has 0 radical (unpaired) electrons. The first-order valence-corrected chi connectivity index (χ1v) is 6.11. The minimum Gasteiger partial charge on any atom is -0.271 e. The molecule has 0 spiro atoms. The summed E-state index contributed by atoms with van der Waals surface area (Å²) in [4.78, 5) is 0. The van der Waals surface area contributed by atoms with Gasteiger partial charge in [0.15, 0.2) is 17.5 Å². The number of hydrogen-bond acceptors (Lipinski definition) is 2. The van der Waals surface area contributed by atoms with E-state index in [9.17, 15) is 13.2 Å². The second kappa shape index (κ2) is 5.64. The molecular formula is C15H15F3N2. The third kappa shape index (κ3) is 2.69. The largest absolute Gasteiger partial charge is 0.271 e. The van der Waals surface area contributed by atoms with Crippen molar-refractivity contribution in [3.63, 3.8) is 0 Å². The number of benzene rings is 2. The van der Waals surface area contributed by atoms with Gasteiger partial charge in [0, 0.05) is 0 Å². The Morgan fingerprint density at radius 3 is 2.00 bits per heavy atom. The molecule has 2 aromatic carbocycles. The van der Waals surface area contributed by atoms with Crippen LogP contribution in [0, 0.1) is 31.3 Å². The van der Waals surface area contributed by atoms with Crippen molar-refractivity contribution < 1.29 is 13.2 Å². The number of halogens is 3. The zero-order valence-corrected chi connectivity index (χ0v) is 11.2. The highest BCUT2D eigenvalue weighted by Gasteiger charge is 2.18. The summed E-state index contributed by atoms with van der Waals surface area (Å²) < 4.78 is 39.6. The number of hydrazine groups is 1. The summed E-state index contributed by atoms with van der Waals surface area (Å²) in [6.45, 7) is 3.89. The molecule has 1 unspecified atom stereocenters. The summed E-state index contributed by atoms with van der Waals surface area (Å²) in [6, 6.07) is 6.85. The van der Waals surface area contributed by atoms with Gasteiger partial charge in [-0.25, -0.2) is 18.6 Å². The predicted molar refractivity (Wildman–Crippen MR) is 71.4 cm³/mol. The minimum absolute atomic E-state index is 0.229. The fourth-order valence-electron chi connectivity index (χ4n) is 2.07. The Kier molecular flexibility index (Phi) is 4.11. The Hall–Kier alpha value is -1.85. The predicted octanol–water partition coefficient (Wildman–Crippen LogP) is 3.27. The van der Waals surface area contributed by atoms with Crippen LogP contribution in [0.3, 0.4) is 0 Å². The fraction of sp³-hybridized carbons (Fsp3) is 0.200. The maximum atomic E-state index is 13.3. The molecule has 2 aromatic rings. The molecule has 3 N–H and O–H groups in total. The van der Waals surface area contributed by atoms with Crippen molar-refractivity contribution in [3.8, 4) is 0 Å². The molecule has 5 heteroatoms. The van der Waals surface area contributed by atoms with E-state index in [2.05, 4.69) is 5.43 Å². The van der Waals surface area contributed by atoms with Crippen molar-refractivity contribution in [2.45, 2.75) is 19.9 Å². The van der Waals surface area contributed by atoms with Gasteiger partial charge in [-0.1, -0.05) is 18.2 Å². The van der Waals surface area contributed by atoms with Gasteiger partial charge < -0.3 is 0 Å². The number of hydrogen-bond donors (Lipinski definition) is 2. The van der Waals surface area contributed by atoms with Crippen molar-refractivity contribution in [3.05, 3.63) is 70.0 Å². The van der Waals surface area contributed by atoms with Crippen LogP contribution in [0.15, 0.2) is 30.3 Å². The Morgan fingerprint density at radius 1 is 0.900 bits per heavy atom. The van der Waals surface area contributed by atoms with Gasteiger partial charge in [-0.05, 0) is 48.2 Å². The van der Waals surface area contributed by atoms with E-state index in [0.29, 0.717) is 0 Å². The monoisotopic (exact) mass is 280 g/mol. The van der Waals surface area contributed by atoms with E-state index in [0.717, 1.165) is 28.8 Å². The molecule has 0 aromatic heterocycles. The number of nitrogens with two attached hydrogens (primary N) is 1. The molecule has 0 bridgehead atoms. The molecule has 20 heavy (non-hydrogen) atoms. The third-order valence-electron chi connectivity index (χ3n) is 3.37. The van der Waals surface area contributed by atoms with E-state index in [1.54, 1.807) is 0 Å². The number of rotatable bonds is 3. The normalized spacial score (nSPS) is 12.5. The highest BCUT2D eigenvalue weighted by atomic mass is 19.2. The Balaban J connectivity index is 2.49. The van der Waals surface area contributed by atoms with Crippen molar-refractivity contribution in [1.82, 2.24) is 5.43 Å². The summed E-state index contributed by atoms with van der Waals surface area (Å²) >= 11 is 0. The number of nitrogens with one attached hydrogen (secondary N) is 1. The first kappa shape index (κ1) is 14.6. The second-order valence-electron chi connectivity index (χ2n) is 4.74. The standard InChI is InChI=1S/C15H15F3N2/c1-8-3-4-10(5-9(8)2)15(20-19)11-6-12(16)14(18)13(17)7-11/h3-7,15,20H,19H2,1-2H3. The highest BCUT2D eigenvalue weighted by Crippen LogP contribution is 2.26. The molecular weight excluding hydrogens is 265 g/mol. The average Bonchev–Trinajstić information content (AvgIpc) is 2.41. The first-order valence-electron chi connectivity index (χ1n) is 6.11. The van der Waals surface area contributed by atoms with Gasteiger partial charge in [-0.3, -0.25) is 5.84 Å². The third-order valence-corrected chi connectivity index (χ3v) is 3.37. The topological polar surface area (TPSA) is 38.0 Å². The van der Waals surface area contributed by atoms with Crippen LogP contribution >= 0.6 is 0 Å². The Bertz CT molecular complexity index is 618. The van der Waals surface area contributed by atoms with Crippen molar-refractivity contribution in [2.75, 3.05) is 0 Å². The molecule has 0 amide bonds. The van der Waals surface area contributed by atoms with Crippen molar-refractivity contribution >= 4 is 0 Å². The molecule has 0 heterocycles. The van der Waals surface area contributed by atoms with Crippen LogP contribution in [0.2, 0.25) is 0 Å². The summed E-state index contributed by atoms with van der Waals surface area (Å²) in [5.41, 5.74) is 5.61. The Labute approximate surface area is 115 Å². The Morgan fingerprint density at radius 2 is 1.50 bits per heavy atom. The van der Waals surface area contributed by atoms with E-state index in [1.807, 2.05) is 32.0 Å². The van der Waals surface area contributed by atoms with Gasteiger partial charge in [-0.2, -0.15) is 0 Å². The number of aryl methyl sites for hydroxylation is 2. The van der Waals surface area contributed by atoms with Crippen LogP contribution in [-0.4, -0.2) is 0 Å². The van der Waals surface area contributed by atoms with Crippen molar-refractivity contribution in [2.24, 2.45) is 5.84 Å². The van der Waals surface area contributed by atoms with Gasteiger partial charge in [-0.15, -0.1) is 0 Å². The van der Waals surface area contributed by atoms with E-state index >= 15 is 0 Å².